The number of aliphatic hydroxyl groups excluding tert-OH is 1. The summed E-state index contributed by atoms with van der Waals surface area (Å²) in [6, 6.07) is 3.51. The number of furan rings is 1. The lowest BCUT2D eigenvalue weighted by Gasteiger charge is -2.11. The molecule has 0 spiro atoms. The Hall–Kier alpha value is -1.33. The zero-order valence-corrected chi connectivity index (χ0v) is 10.2. The maximum atomic E-state index is 10.1. The Kier molecular flexibility index (Phi) is 2.98. The van der Waals surface area contributed by atoms with Crippen molar-refractivity contribution in [2.45, 2.75) is 13.0 Å². The number of aliphatic hydroxyl groups is 1. The number of rotatable bonds is 2. The Bertz CT molecular complexity index is 510. The minimum atomic E-state index is -0.906. The Balaban J connectivity index is 2.45. The fourth-order valence-corrected chi connectivity index (χ4v) is 1.88. The summed E-state index contributed by atoms with van der Waals surface area (Å²) in [5, 5.41) is 10.1. The van der Waals surface area contributed by atoms with Crippen LogP contribution in [0.2, 0.25) is 0 Å². The molecule has 0 aliphatic heterocycles. The Labute approximate surface area is 101 Å². The van der Waals surface area contributed by atoms with E-state index in [9.17, 15) is 5.11 Å². The summed E-state index contributed by atoms with van der Waals surface area (Å²) in [5.74, 6) is 0.737. The summed E-state index contributed by atoms with van der Waals surface area (Å²) in [6.45, 7) is 1.89. The van der Waals surface area contributed by atoms with Gasteiger partial charge in [-0.1, -0.05) is 0 Å². The molecule has 0 bridgehead atoms. The molecule has 0 aliphatic carbocycles. The molecule has 2 rings (SSSR count). The molecular formula is C11H11BrN2O2. The second-order valence-corrected chi connectivity index (χ2v) is 4.38. The van der Waals surface area contributed by atoms with Crippen molar-refractivity contribution in [1.29, 1.82) is 0 Å². The van der Waals surface area contributed by atoms with Gasteiger partial charge in [-0.25, -0.2) is 4.98 Å². The average molecular weight is 283 g/mol. The summed E-state index contributed by atoms with van der Waals surface area (Å²) >= 11 is 3.29. The number of nitrogens with two attached hydrogens (primary N) is 1. The smallest absolute Gasteiger partial charge is 0.151 e. The van der Waals surface area contributed by atoms with Crippen molar-refractivity contribution in [2.75, 3.05) is 5.73 Å². The third kappa shape index (κ3) is 1.96. The number of hydrogen-bond donors (Lipinski definition) is 2. The van der Waals surface area contributed by atoms with Gasteiger partial charge in [0.2, 0.25) is 0 Å². The van der Waals surface area contributed by atoms with Crippen LogP contribution in [0.15, 0.2) is 33.5 Å². The van der Waals surface area contributed by atoms with E-state index in [1.54, 1.807) is 18.3 Å². The quantitative estimate of drug-likeness (QED) is 0.887. The molecule has 84 valence electrons. The van der Waals surface area contributed by atoms with Crippen LogP contribution in [0.25, 0.3) is 0 Å². The Morgan fingerprint density at radius 3 is 2.94 bits per heavy atom. The highest BCUT2D eigenvalue weighted by Crippen LogP contribution is 2.31. The highest BCUT2D eigenvalue weighted by atomic mass is 79.9. The predicted molar refractivity (Wildman–Crippen MR) is 63.9 cm³/mol. The number of anilines is 1. The molecule has 0 saturated heterocycles. The van der Waals surface area contributed by atoms with E-state index in [4.69, 9.17) is 10.2 Å². The van der Waals surface area contributed by atoms with Crippen LogP contribution in [0, 0.1) is 6.92 Å². The van der Waals surface area contributed by atoms with Crippen LogP contribution in [-0.2, 0) is 0 Å². The number of nitrogen functional groups attached to an aromatic ring is 1. The van der Waals surface area contributed by atoms with Gasteiger partial charge in [0.25, 0.3) is 0 Å². The van der Waals surface area contributed by atoms with E-state index < -0.39 is 6.10 Å². The summed E-state index contributed by atoms with van der Waals surface area (Å²) in [5.41, 5.74) is 7.21. The highest BCUT2D eigenvalue weighted by Gasteiger charge is 2.20. The summed E-state index contributed by atoms with van der Waals surface area (Å²) in [4.78, 5) is 4.00. The molecule has 5 heteroatoms. The first kappa shape index (κ1) is 11.2. The first-order chi connectivity index (χ1) is 7.59. The third-order valence-corrected chi connectivity index (χ3v) is 2.93. The van der Waals surface area contributed by atoms with E-state index in [0.29, 0.717) is 21.6 Å². The molecule has 0 radical (unpaired) electrons. The number of nitrogens with zero attached hydrogens (tertiary/aromatic N) is 1. The summed E-state index contributed by atoms with van der Waals surface area (Å²) < 4.78 is 5.90. The van der Waals surface area contributed by atoms with Gasteiger partial charge in [-0.05, 0) is 40.5 Å². The van der Waals surface area contributed by atoms with Gasteiger partial charge < -0.3 is 15.3 Å². The van der Waals surface area contributed by atoms with Gasteiger partial charge >= 0.3 is 0 Å². The van der Waals surface area contributed by atoms with Gasteiger partial charge in [0.05, 0.1) is 10.7 Å². The Morgan fingerprint density at radius 1 is 1.56 bits per heavy atom. The molecule has 0 aromatic carbocycles. The largest absolute Gasteiger partial charge is 0.465 e. The van der Waals surface area contributed by atoms with Crippen molar-refractivity contribution in [2.24, 2.45) is 0 Å². The van der Waals surface area contributed by atoms with Crippen LogP contribution >= 0.6 is 15.9 Å². The summed E-state index contributed by atoms with van der Waals surface area (Å²) in [7, 11) is 0. The summed E-state index contributed by atoms with van der Waals surface area (Å²) in [6.07, 6.45) is 2.25. The van der Waals surface area contributed by atoms with Crippen molar-refractivity contribution >= 4 is 21.7 Å². The molecule has 2 heterocycles. The van der Waals surface area contributed by atoms with Crippen LogP contribution in [0.4, 0.5) is 5.82 Å². The van der Waals surface area contributed by atoms with E-state index in [-0.39, 0.29) is 0 Å². The molecule has 2 aromatic heterocycles. The van der Waals surface area contributed by atoms with Crippen molar-refractivity contribution in [3.63, 3.8) is 0 Å². The second kappa shape index (κ2) is 4.27. The monoisotopic (exact) mass is 282 g/mol. The van der Waals surface area contributed by atoms with Gasteiger partial charge in [-0.3, -0.25) is 0 Å². The first-order valence-corrected chi connectivity index (χ1v) is 5.52. The van der Waals surface area contributed by atoms with Gasteiger partial charge in [-0.15, -0.1) is 0 Å². The minimum absolute atomic E-state index is 0.307. The maximum Gasteiger partial charge on any atom is 0.151 e. The molecule has 2 aromatic rings. The standard InChI is InChI=1S/C11H11BrN2O2/c1-6-4-7(11(13)14-5-6)9(15)10-8(12)2-3-16-10/h2-5,9,15H,1H3,(H2,13,14). The van der Waals surface area contributed by atoms with Crippen LogP contribution in [-0.4, -0.2) is 10.1 Å². The number of pyridine rings is 1. The minimum Gasteiger partial charge on any atom is -0.465 e. The highest BCUT2D eigenvalue weighted by molar-refractivity contribution is 9.10. The zero-order chi connectivity index (χ0) is 11.7. The van der Waals surface area contributed by atoms with Crippen molar-refractivity contribution in [3.05, 3.63) is 46.0 Å². The molecule has 1 atom stereocenters. The maximum absolute atomic E-state index is 10.1. The molecule has 0 amide bonds. The van der Waals surface area contributed by atoms with E-state index >= 15 is 0 Å². The zero-order valence-electron chi connectivity index (χ0n) is 8.64. The van der Waals surface area contributed by atoms with Gasteiger partial charge in [0.15, 0.2) is 5.76 Å². The molecule has 0 saturated carbocycles. The number of aromatic nitrogens is 1. The van der Waals surface area contributed by atoms with Crippen LogP contribution in [0.5, 0.6) is 0 Å². The van der Waals surface area contributed by atoms with Crippen LogP contribution < -0.4 is 5.73 Å². The first-order valence-electron chi connectivity index (χ1n) is 4.72. The van der Waals surface area contributed by atoms with E-state index in [0.717, 1.165) is 5.56 Å². The second-order valence-electron chi connectivity index (χ2n) is 3.52. The van der Waals surface area contributed by atoms with Crippen molar-refractivity contribution in [3.8, 4) is 0 Å². The predicted octanol–water partition coefficient (Wildman–Crippen LogP) is 2.41. The number of hydrogen-bond acceptors (Lipinski definition) is 4. The molecule has 0 aliphatic rings. The van der Waals surface area contributed by atoms with E-state index in [1.165, 1.54) is 6.26 Å². The topological polar surface area (TPSA) is 72.3 Å². The lowest BCUT2D eigenvalue weighted by atomic mass is 10.1. The molecule has 4 nitrogen and oxygen atoms in total. The molecule has 16 heavy (non-hydrogen) atoms. The lowest BCUT2D eigenvalue weighted by molar-refractivity contribution is 0.188. The van der Waals surface area contributed by atoms with Crippen LogP contribution in [0.3, 0.4) is 0 Å². The SMILES string of the molecule is Cc1cnc(N)c(C(O)c2occc2Br)c1. The van der Waals surface area contributed by atoms with Gasteiger partial charge in [0.1, 0.15) is 11.9 Å². The lowest BCUT2D eigenvalue weighted by Crippen LogP contribution is -2.05. The number of aryl methyl sites for hydroxylation is 1. The van der Waals surface area contributed by atoms with Gasteiger partial charge in [0, 0.05) is 11.8 Å². The molecular weight excluding hydrogens is 272 g/mol. The normalized spacial score (nSPS) is 12.7. The van der Waals surface area contributed by atoms with E-state index in [1.807, 2.05) is 6.92 Å². The Morgan fingerprint density at radius 2 is 2.31 bits per heavy atom. The van der Waals surface area contributed by atoms with Crippen LogP contribution in [0.1, 0.15) is 23.0 Å². The van der Waals surface area contributed by atoms with Crippen molar-refractivity contribution < 1.29 is 9.52 Å². The van der Waals surface area contributed by atoms with Gasteiger partial charge in [-0.2, -0.15) is 0 Å². The molecule has 0 fully saturated rings. The molecule has 1 unspecified atom stereocenters. The van der Waals surface area contributed by atoms with E-state index in [2.05, 4.69) is 20.9 Å². The van der Waals surface area contributed by atoms with Crippen molar-refractivity contribution in [1.82, 2.24) is 4.98 Å². The fraction of sp³-hybridized carbons (Fsp3) is 0.182. The molecule has 3 N–H and O–H groups in total. The number of halogens is 1. The fourth-order valence-electron chi connectivity index (χ4n) is 1.46. The average Bonchev–Trinajstić information content (AvgIpc) is 2.67. The third-order valence-electron chi connectivity index (χ3n) is 2.27.